The van der Waals surface area contributed by atoms with Crippen molar-refractivity contribution in [2.24, 2.45) is 0 Å². The topological polar surface area (TPSA) is 93.2 Å². The van der Waals surface area contributed by atoms with Gasteiger partial charge in [0, 0.05) is 24.4 Å². The van der Waals surface area contributed by atoms with E-state index in [1.54, 1.807) is 43.6 Å². The molecular formula is C25H26N2O4S2. The Labute approximate surface area is 195 Å². The van der Waals surface area contributed by atoms with Crippen LogP contribution in [0.25, 0.3) is 0 Å². The Kier molecular flexibility index (Phi) is 5.42. The van der Waals surface area contributed by atoms with Gasteiger partial charge in [0.15, 0.2) is 0 Å². The number of aryl methyl sites for hydroxylation is 1. The normalized spacial score (nSPS) is 18.1. The van der Waals surface area contributed by atoms with Crippen LogP contribution >= 0.6 is 0 Å². The monoisotopic (exact) mass is 482 g/mol. The van der Waals surface area contributed by atoms with Crippen LogP contribution in [-0.4, -0.2) is 28.4 Å². The van der Waals surface area contributed by atoms with Gasteiger partial charge in [0.05, 0.1) is 14.7 Å². The minimum atomic E-state index is -3.89. The Morgan fingerprint density at radius 2 is 1.76 bits per heavy atom. The van der Waals surface area contributed by atoms with Gasteiger partial charge in [0.25, 0.3) is 0 Å². The maximum atomic E-state index is 13.6. The maximum absolute atomic E-state index is 13.6. The lowest BCUT2D eigenvalue weighted by molar-refractivity contribution is 0.493. The first-order valence-corrected chi connectivity index (χ1v) is 14.1. The van der Waals surface area contributed by atoms with Gasteiger partial charge < -0.3 is 0 Å². The molecule has 0 bridgehead atoms. The zero-order valence-electron chi connectivity index (χ0n) is 18.4. The molecule has 2 aromatic carbocycles. The third-order valence-corrected chi connectivity index (χ3v) is 10.4. The third-order valence-electron chi connectivity index (χ3n) is 6.95. The Morgan fingerprint density at radius 3 is 2.48 bits per heavy atom. The number of pyridine rings is 1. The molecule has 33 heavy (non-hydrogen) atoms. The lowest BCUT2D eigenvalue weighted by atomic mass is 9.72. The van der Waals surface area contributed by atoms with E-state index in [2.05, 4.69) is 9.71 Å². The summed E-state index contributed by atoms with van der Waals surface area (Å²) in [6.45, 7) is 1.94. The fourth-order valence-electron chi connectivity index (χ4n) is 5.39. The quantitative estimate of drug-likeness (QED) is 0.595. The third kappa shape index (κ3) is 3.61. The van der Waals surface area contributed by atoms with E-state index in [-0.39, 0.29) is 21.8 Å². The van der Waals surface area contributed by atoms with Gasteiger partial charge in [0.2, 0.25) is 19.9 Å². The minimum absolute atomic E-state index is 0.0172. The number of hydrogen-bond acceptors (Lipinski definition) is 5. The summed E-state index contributed by atoms with van der Waals surface area (Å²) < 4.78 is 56.2. The largest absolute Gasteiger partial charge is 0.264 e. The summed E-state index contributed by atoms with van der Waals surface area (Å²) in [5, 5.41) is 0. The molecule has 5 rings (SSSR count). The number of fused-ring (bicyclic) bond motifs is 4. The van der Waals surface area contributed by atoms with Crippen LogP contribution in [0.2, 0.25) is 0 Å². The molecule has 1 fully saturated rings. The van der Waals surface area contributed by atoms with Crippen molar-refractivity contribution in [2.45, 2.75) is 59.1 Å². The second-order valence-electron chi connectivity index (χ2n) is 8.91. The van der Waals surface area contributed by atoms with Crippen molar-refractivity contribution < 1.29 is 16.8 Å². The molecule has 1 N–H and O–H groups in total. The first kappa shape index (κ1) is 22.3. The number of sulfonamides is 1. The van der Waals surface area contributed by atoms with Crippen LogP contribution in [0.15, 0.2) is 75.6 Å². The predicted octanol–water partition coefficient (Wildman–Crippen LogP) is 3.92. The summed E-state index contributed by atoms with van der Waals surface area (Å²) >= 11 is 0. The van der Waals surface area contributed by atoms with Crippen LogP contribution in [0, 0.1) is 6.92 Å². The second kappa shape index (κ2) is 8.04. The Hall–Kier alpha value is -2.55. The second-order valence-corrected chi connectivity index (χ2v) is 12.5. The molecule has 0 atom stereocenters. The fourth-order valence-corrected chi connectivity index (χ4v) is 8.61. The standard InChI is InChI=1S/C25H26N2O4S2/c1-18-15-21-24(16-23(18)33(30,31)27-14-10-19-7-6-13-26-17-19)32(28,29)22-9-3-2-8-20(22)25(21)11-4-5-12-25/h2-3,6-9,13,15-17,27H,4-5,10-12,14H2,1H3. The van der Waals surface area contributed by atoms with Crippen molar-refractivity contribution in [1.29, 1.82) is 0 Å². The van der Waals surface area contributed by atoms with E-state index in [4.69, 9.17) is 0 Å². The van der Waals surface area contributed by atoms with Gasteiger partial charge in [0.1, 0.15) is 0 Å². The van der Waals surface area contributed by atoms with Crippen LogP contribution in [0.3, 0.4) is 0 Å². The molecule has 0 amide bonds. The van der Waals surface area contributed by atoms with Gasteiger partial charge >= 0.3 is 0 Å². The molecule has 1 aliphatic carbocycles. The molecule has 3 aromatic rings. The van der Waals surface area contributed by atoms with Gasteiger partial charge in [-0.15, -0.1) is 0 Å². The van der Waals surface area contributed by atoms with Crippen molar-refractivity contribution in [1.82, 2.24) is 9.71 Å². The van der Waals surface area contributed by atoms with Crippen molar-refractivity contribution in [3.8, 4) is 0 Å². The van der Waals surface area contributed by atoms with E-state index < -0.39 is 19.9 Å². The van der Waals surface area contributed by atoms with E-state index >= 15 is 0 Å². The van der Waals surface area contributed by atoms with E-state index in [0.29, 0.717) is 16.9 Å². The Balaban J connectivity index is 1.57. The molecule has 0 unspecified atom stereocenters. The predicted molar refractivity (Wildman–Crippen MR) is 125 cm³/mol. The number of sulfone groups is 1. The zero-order valence-corrected chi connectivity index (χ0v) is 20.0. The summed E-state index contributed by atoms with van der Waals surface area (Å²) in [7, 11) is -7.72. The van der Waals surface area contributed by atoms with E-state index in [0.717, 1.165) is 42.4 Å². The molecule has 2 heterocycles. The first-order chi connectivity index (χ1) is 15.8. The van der Waals surface area contributed by atoms with Crippen LogP contribution in [-0.2, 0) is 31.7 Å². The molecule has 1 saturated carbocycles. The van der Waals surface area contributed by atoms with E-state index in [9.17, 15) is 16.8 Å². The Bertz CT molecular complexity index is 1430. The molecule has 1 aliphatic heterocycles. The first-order valence-electron chi connectivity index (χ1n) is 11.1. The number of nitrogens with zero attached hydrogens (tertiary/aromatic N) is 1. The highest BCUT2D eigenvalue weighted by Gasteiger charge is 2.48. The van der Waals surface area contributed by atoms with Gasteiger partial charge in [-0.05, 0) is 66.6 Å². The summed E-state index contributed by atoms with van der Waals surface area (Å²) in [5.41, 5.74) is 2.69. The fraction of sp³-hybridized carbons (Fsp3) is 0.320. The lowest BCUT2D eigenvalue weighted by Gasteiger charge is -2.38. The van der Waals surface area contributed by atoms with Crippen LogP contribution in [0.5, 0.6) is 0 Å². The molecule has 8 heteroatoms. The molecular weight excluding hydrogens is 456 g/mol. The molecule has 6 nitrogen and oxygen atoms in total. The van der Waals surface area contributed by atoms with Crippen molar-refractivity contribution in [3.05, 3.63) is 83.2 Å². The summed E-state index contributed by atoms with van der Waals surface area (Å²) in [6.07, 6.45) is 7.61. The van der Waals surface area contributed by atoms with Crippen molar-refractivity contribution >= 4 is 19.9 Å². The van der Waals surface area contributed by atoms with E-state index in [1.807, 2.05) is 18.2 Å². The van der Waals surface area contributed by atoms with Crippen LogP contribution < -0.4 is 4.72 Å². The number of benzene rings is 2. The van der Waals surface area contributed by atoms with Crippen LogP contribution in [0.4, 0.5) is 0 Å². The molecule has 0 saturated heterocycles. The van der Waals surface area contributed by atoms with Gasteiger partial charge in [-0.3, -0.25) is 4.98 Å². The Morgan fingerprint density at radius 1 is 1.00 bits per heavy atom. The molecule has 172 valence electrons. The van der Waals surface area contributed by atoms with Crippen molar-refractivity contribution in [3.63, 3.8) is 0 Å². The average molecular weight is 483 g/mol. The molecule has 1 aromatic heterocycles. The van der Waals surface area contributed by atoms with Gasteiger partial charge in [-0.2, -0.15) is 0 Å². The van der Waals surface area contributed by atoms with Gasteiger partial charge in [-0.1, -0.05) is 43.2 Å². The minimum Gasteiger partial charge on any atom is -0.264 e. The smallest absolute Gasteiger partial charge is 0.240 e. The summed E-state index contributed by atoms with van der Waals surface area (Å²) in [5.74, 6) is 0. The summed E-state index contributed by atoms with van der Waals surface area (Å²) in [4.78, 5) is 4.49. The number of nitrogens with one attached hydrogen (secondary N) is 1. The van der Waals surface area contributed by atoms with Gasteiger partial charge in [-0.25, -0.2) is 21.6 Å². The highest BCUT2D eigenvalue weighted by Crippen LogP contribution is 2.54. The molecule has 2 aliphatic rings. The van der Waals surface area contributed by atoms with Crippen LogP contribution in [0.1, 0.15) is 47.9 Å². The molecule has 0 radical (unpaired) electrons. The van der Waals surface area contributed by atoms with E-state index in [1.165, 1.54) is 6.07 Å². The SMILES string of the molecule is Cc1cc2c(cc1S(=O)(=O)NCCc1cccnc1)S(=O)(=O)c1ccccc1C21CCCC1. The number of hydrogen-bond donors (Lipinski definition) is 1. The highest BCUT2D eigenvalue weighted by atomic mass is 32.2. The van der Waals surface area contributed by atoms with Crippen molar-refractivity contribution in [2.75, 3.05) is 6.54 Å². The zero-order chi connectivity index (χ0) is 23.3. The average Bonchev–Trinajstić information content (AvgIpc) is 3.29. The number of rotatable bonds is 5. The lowest BCUT2D eigenvalue weighted by Crippen LogP contribution is -2.34. The maximum Gasteiger partial charge on any atom is 0.240 e. The molecule has 1 spiro atoms. The summed E-state index contributed by atoms with van der Waals surface area (Å²) in [6, 6.07) is 14.0. The highest BCUT2D eigenvalue weighted by molar-refractivity contribution is 7.92. The number of aromatic nitrogens is 1.